The van der Waals surface area contributed by atoms with E-state index in [0.717, 1.165) is 39.6 Å². The zero-order valence-corrected chi connectivity index (χ0v) is 23.4. The number of nitrogens with zero attached hydrogens (tertiary/aromatic N) is 1. The number of thiocarbonyl (C=S) groups is 1. The fourth-order valence-electron chi connectivity index (χ4n) is 4.92. The van der Waals surface area contributed by atoms with Crippen LogP contribution in [0.4, 0.5) is 11.4 Å². The van der Waals surface area contributed by atoms with Crippen LogP contribution in [0.1, 0.15) is 28.8 Å². The lowest BCUT2D eigenvalue weighted by Gasteiger charge is -2.40. The van der Waals surface area contributed by atoms with E-state index >= 15 is 0 Å². The van der Waals surface area contributed by atoms with Crippen LogP contribution in [0.15, 0.2) is 140 Å². The highest BCUT2D eigenvalue weighted by molar-refractivity contribution is 7.80. The van der Waals surface area contributed by atoms with Crippen molar-refractivity contribution < 1.29 is 9.47 Å². The van der Waals surface area contributed by atoms with Crippen molar-refractivity contribution in [3.63, 3.8) is 0 Å². The average Bonchev–Trinajstić information content (AvgIpc) is 3.04. The molecule has 4 nitrogen and oxygen atoms in total. The summed E-state index contributed by atoms with van der Waals surface area (Å²) in [4.78, 5) is 3.05. The molecule has 5 aromatic carbocycles. The third-order valence-corrected chi connectivity index (χ3v) is 7.27. The topological polar surface area (TPSA) is 33.7 Å². The van der Waals surface area contributed by atoms with Crippen LogP contribution in [-0.4, -0.2) is 19.2 Å². The molecule has 5 heteroatoms. The van der Waals surface area contributed by atoms with Gasteiger partial charge in [0.05, 0.1) is 26.3 Å². The summed E-state index contributed by atoms with van der Waals surface area (Å²) in [6, 6.07) is 47.1. The molecule has 0 saturated heterocycles. The molecule has 0 spiro atoms. The van der Waals surface area contributed by atoms with E-state index in [9.17, 15) is 0 Å². The first kappa shape index (κ1) is 27.0. The first-order valence-corrected chi connectivity index (χ1v) is 13.6. The molecule has 0 aliphatic carbocycles. The standard InChI is InChI=1S/C35H32N2O2S/c1-38-31-22-18-29(19-23-31)37(30-20-24-32(39-2)25-21-30)34(27-14-8-4-9-15-27)33(26-12-6-3-7-13-26)36-35(40)28-16-10-5-11-17-28/h3-25,33-34H,1-2H3,(H,36,40). The van der Waals surface area contributed by atoms with Crippen LogP contribution in [0.5, 0.6) is 11.5 Å². The van der Waals surface area contributed by atoms with Gasteiger partial charge in [0.1, 0.15) is 16.5 Å². The van der Waals surface area contributed by atoms with Gasteiger partial charge < -0.3 is 19.7 Å². The first-order valence-electron chi connectivity index (χ1n) is 13.2. The zero-order chi connectivity index (χ0) is 27.7. The van der Waals surface area contributed by atoms with Crippen molar-refractivity contribution in [1.82, 2.24) is 5.32 Å². The van der Waals surface area contributed by atoms with Crippen LogP contribution >= 0.6 is 12.2 Å². The molecule has 0 heterocycles. The second-order valence-electron chi connectivity index (χ2n) is 9.35. The smallest absolute Gasteiger partial charge is 0.119 e. The quantitative estimate of drug-likeness (QED) is 0.179. The number of methoxy groups -OCH3 is 2. The Balaban J connectivity index is 1.71. The molecule has 0 aliphatic heterocycles. The van der Waals surface area contributed by atoms with Crippen LogP contribution in [-0.2, 0) is 0 Å². The Kier molecular flexibility index (Phi) is 8.74. The van der Waals surface area contributed by atoms with Crippen LogP contribution in [0.2, 0.25) is 0 Å². The summed E-state index contributed by atoms with van der Waals surface area (Å²) in [6.07, 6.45) is 0. The highest BCUT2D eigenvalue weighted by Crippen LogP contribution is 2.43. The number of benzene rings is 5. The summed E-state index contributed by atoms with van der Waals surface area (Å²) in [5, 5.41) is 3.75. The monoisotopic (exact) mass is 544 g/mol. The van der Waals surface area contributed by atoms with Gasteiger partial charge in [-0.1, -0.05) is 103 Å². The summed E-state index contributed by atoms with van der Waals surface area (Å²) >= 11 is 5.99. The SMILES string of the molecule is COc1ccc(N(c2ccc(OC)cc2)C(c2ccccc2)C(NC(=S)c2ccccc2)c2ccccc2)cc1. The molecule has 0 amide bonds. The lowest BCUT2D eigenvalue weighted by molar-refractivity contribution is 0.414. The van der Waals surface area contributed by atoms with Gasteiger partial charge in [-0.2, -0.15) is 0 Å². The minimum Gasteiger partial charge on any atom is -0.497 e. The zero-order valence-electron chi connectivity index (χ0n) is 22.6. The van der Waals surface area contributed by atoms with Crippen LogP contribution in [0.25, 0.3) is 0 Å². The minimum absolute atomic E-state index is 0.174. The summed E-state index contributed by atoms with van der Waals surface area (Å²) in [5.41, 5.74) is 5.29. The Morgan fingerprint density at radius 2 is 1.00 bits per heavy atom. The Morgan fingerprint density at radius 3 is 1.45 bits per heavy atom. The molecule has 0 aliphatic rings. The van der Waals surface area contributed by atoms with Gasteiger partial charge in [-0.05, 0) is 59.7 Å². The maximum atomic E-state index is 5.99. The van der Waals surface area contributed by atoms with Gasteiger partial charge in [0.15, 0.2) is 0 Å². The normalized spacial score (nSPS) is 12.2. The second kappa shape index (κ2) is 13.0. The first-order chi connectivity index (χ1) is 19.7. The summed E-state index contributed by atoms with van der Waals surface area (Å²) in [6.45, 7) is 0. The van der Waals surface area contributed by atoms with E-state index in [0.29, 0.717) is 4.99 Å². The molecule has 5 aromatic rings. The Bertz CT molecular complexity index is 1450. The highest BCUT2D eigenvalue weighted by Gasteiger charge is 2.33. The second-order valence-corrected chi connectivity index (χ2v) is 9.76. The largest absolute Gasteiger partial charge is 0.497 e. The predicted octanol–water partition coefficient (Wildman–Crippen LogP) is 8.29. The van der Waals surface area contributed by atoms with Crippen molar-refractivity contribution in [3.05, 3.63) is 156 Å². The van der Waals surface area contributed by atoms with E-state index in [1.807, 2.05) is 66.7 Å². The van der Waals surface area contributed by atoms with Crippen molar-refractivity contribution in [2.75, 3.05) is 19.1 Å². The van der Waals surface area contributed by atoms with Gasteiger partial charge >= 0.3 is 0 Å². The fourth-order valence-corrected chi connectivity index (χ4v) is 5.18. The Labute approximate surface area is 241 Å². The Hall–Kier alpha value is -4.61. The summed E-state index contributed by atoms with van der Waals surface area (Å²) in [5.74, 6) is 1.61. The van der Waals surface area contributed by atoms with Crippen molar-refractivity contribution in [3.8, 4) is 11.5 Å². The molecular weight excluding hydrogens is 512 g/mol. The number of anilines is 2. The maximum absolute atomic E-state index is 5.99. The molecule has 0 saturated carbocycles. The van der Waals surface area contributed by atoms with Gasteiger partial charge in [-0.25, -0.2) is 0 Å². The van der Waals surface area contributed by atoms with Crippen molar-refractivity contribution in [1.29, 1.82) is 0 Å². The van der Waals surface area contributed by atoms with Crippen molar-refractivity contribution >= 4 is 28.6 Å². The van der Waals surface area contributed by atoms with E-state index in [4.69, 9.17) is 21.7 Å². The summed E-state index contributed by atoms with van der Waals surface area (Å²) in [7, 11) is 3.37. The van der Waals surface area contributed by atoms with Crippen molar-refractivity contribution in [2.24, 2.45) is 0 Å². The van der Waals surface area contributed by atoms with Gasteiger partial charge in [0.25, 0.3) is 0 Å². The maximum Gasteiger partial charge on any atom is 0.119 e. The lowest BCUT2D eigenvalue weighted by Crippen LogP contribution is -2.39. The number of hydrogen-bond acceptors (Lipinski definition) is 4. The van der Waals surface area contributed by atoms with Gasteiger partial charge in [0, 0.05) is 16.9 Å². The fraction of sp³-hybridized carbons (Fsp3) is 0.114. The third kappa shape index (κ3) is 6.16. The van der Waals surface area contributed by atoms with Gasteiger partial charge in [0.2, 0.25) is 0 Å². The number of hydrogen-bond donors (Lipinski definition) is 1. The van der Waals surface area contributed by atoms with E-state index in [2.05, 4.69) is 83.0 Å². The van der Waals surface area contributed by atoms with E-state index in [1.54, 1.807) is 14.2 Å². The summed E-state index contributed by atoms with van der Waals surface area (Å²) < 4.78 is 11.0. The predicted molar refractivity (Wildman–Crippen MR) is 168 cm³/mol. The van der Waals surface area contributed by atoms with E-state index in [1.165, 1.54) is 0 Å². The molecule has 200 valence electrons. The molecule has 0 bridgehead atoms. The van der Waals surface area contributed by atoms with Crippen LogP contribution in [0.3, 0.4) is 0 Å². The van der Waals surface area contributed by atoms with Crippen LogP contribution < -0.4 is 19.7 Å². The molecule has 1 N–H and O–H groups in total. The van der Waals surface area contributed by atoms with Crippen molar-refractivity contribution in [2.45, 2.75) is 12.1 Å². The molecule has 40 heavy (non-hydrogen) atoms. The van der Waals surface area contributed by atoms with E-state index in [-0.39, 0.29) is 12.1 Å². The molecule has 0 aromatic heterocycles. The lowest BCUT2D eigenvalue weighted by atomic mass is 9.90. The average molecular weight is 545 g/mol. The number of rotatable bonds is 10. The van der Waals surface area contributed by atoms with Gasteiger partial charge in [-0.3, -0.25) is 0 Å². The molecule has 0 fully saturated rings. The third-order valence-electron chi connectivity index (χ3n) is 6.92. The minimum atomic E-state index is -0.194. The Morgan fingerprint density at radius 1 is 0.575 bits per heavy atom. The van der Waals surface area contributed by atoms with Gasteiger partial charge in [-0.15, -0.1) is 0 Å². The number of nitrogens with one attached hydrogen (secondary N) is 1. The number of ether oxygens (including phenoxy) is 2. The molecular formula is C35H32N2O2S. The van der Waals surface area contributed by atoms with E-state index < -0.39 is 0 Å². The highest BCUT2D eigenvalue weighted by atomic mass is 32.1. The molecule has 0 radical (unpaired) electrons. The molecule has 5 rings (SSSR count). The molecule has 2 unspecified atom stereocenters. The van der Waals surface area contributed by atoms with Crippen LogP contribution in [0, 0.1) is 0 Å². The molecule has 2 atom stereocenters.